The molecule has 1 unspecified atom stereocenters. The third kappa shape index (κ3) is 3.92. The number of urea groups is 1. The first-order chi connectivity index (χ1) is 15.6. The Hall–Kier alpha value is -3.81. The number of imide groups is 1. The summed E-state index contributed by atoms with van der Waals surface area (Å²) in [6, 6.07) is 13.4. The number of ketones is 1. The molecule has 6 nitrogen and oxygen atoms in total. The number of halogens is 2. The summed E-state index contributed by atoms with van der Waals surface area (Å²) >= 11 is 0. The molecule has 1 atom stereocenters. The molecule has 170 valence electrons. The summed E-state index contributed by atoms with van der Waals surface area (Å²) < 4.78 is 30.0. The molecule has 0 spiro atoms. The molecule has 3 aromatic rings. The summed E-state index contributed by atoms with van der Waals surface area (Å²) in [5.41, 5.74) is 0.941. The number of Topliss-reactive ketones (excluding diaryl/α,β-unsaturated/α-hetero) is 1. The summed E-state index contributed by atoms with van der Waals surface area (Å²) in [5, 5.41) is 2.41. The van der Waals surface area contributed by atoms with E-state index in [9.17, 15) is 23.2 Å². The first-order valence-electron chi connectivity index (χ1n) is 10.5. The molecular formula is C25H23F2N3O3. The van der Waals surface area contributed by atoms with Crippen LogP contribution < -0.4 is 5.32 Å². The van der Waals surface area contributed by atoms with Gasteiger partial charge < -0.3 is 9.88 Å². The molecule has 8 heteroatoms. The zero-order chi connectivity index (χ0) is 23.9. The summed E-state index contributed by atoms with van der Waals surface area (Å²) in [4.78, 5) is 39.4. The molecule has 4 rings (SSSR count). The number of aromatic nitrogens is 1. The Kier molecular flexibility index (Phi) is 5.61. The molecule has 0 radical (unpaired) electrons. The number of benzene rings is 2. The molecule has 0 aliphatic carbocycles. The van der Waals surface area contributed by atoms with Gasteiger partial charge in [-0.2, -0.15) is 0 Å². The number of carbonyl (C=O) groups is 3. The Morgan fingerprint density at radius 1 is 1.03 bits per heavy atom. The van der Waals surface area contributed by atoms with Crippen LogP contribution in [0.1, 0.15) is 39.8 Å². The first kappa shape index (κ1) is 22.4. The Bertz CT molecular complexity index is 1270. The van der Waals surface area contributed by atoms with Gasteiger partial charge in [-0.05, 0) is 50.6 Å². The molecule has 1 aliphatic heterocycles. The third-order valence-corrected chi connectivity index (χ3v) is 6.10. The van der Waals surface area contributed by atoms with Crippen LogP contribution in [-0.2, 0) is 16.9 Å². The van der Waals surface area contributed by atoms with Crippen LogP contribution in [0.15, 0.2) is 54.6 Å². The normalized spacial score (nSPS) is 18.0. The summed E-state index contributed by atoms with van der Waals surface area (Å²) in [6.45, 7) is 5.05. The number of hydrogen-bond donors (Lipinski definition) is 1. The summed E-state index contributed by atoms with van der Waals surface area (Å²) in [5.74, 6) is -2.81. The highest BCUT2D eigenvalue weighted by Gasteiger charge is 2.51. The monoisotopic (exact) mass is 451 g/mol. The van der Waals surface area contributed by atoms with Gasteiger partial charge >= 0.3 is 6.03 Å². The SMILES string of the molecule is Cc1cc(C(=O)CN2C(=O)NC(C)(c3cc(F)ccc3F)C2=O)c(C)n1Cc1ccccc1. The Morgan fingerprint density at radius 2 is 1.73 bits per heavy atom. The van der Waals surface area contributed by atoms with Crippen molar-refractivity contribution in [2.75, 3.05) is 6.54 Å². The van der Waals surface area contributed by atoms with Crippen molar-refractivity contribution in [1.29, 1.82) is 0 Å². The molecule has 3 amide bonds. The van der Waals surface area contributed by atoms with Gasteiger partial charge in [0.15, 0.2) is 5.78 Å². The fourth-order valence-corrected chi connectivity index (χ4v) is 4.23. The van der Waals surface area contributed by atoms with Gasteiger partial charge in [0.1, 0.15) is 17.2 Å². The second-order valence-electron chi connectivity index (χ2n) is 8.35. The van der Waals surface area contributed by atoms with Crippen molar-refractivity contribution < 1.29 is 23.2 Å². The quantitative estimate of drug-likeness (QED) is 0.454. The lowest BCUT2D eigenvalue weighted by atomic mass is 9.91. The number of hydrogen-bond acceptors (Lipinski definition) is 3. The van der Waals surface area contributed by atoms with Gasteiger partial charge in [-0.3, -0.25) is 14.5 Å². The minimum Gasteiger partial charge on any atom is -0.344 e. The van der Waals surface area contributed by atoms with E-state index in [4.69, 9.17) is 0 Å². The van der Waals surface area contributed by atoms with Crippen molar-refractivity contribution in [3.63, 3.8) is 0 Å². The van der Waals surface area contributed by atoms with E-state index in [2.05, 4.69) is 5.32 Å². The molecule has 1 N–H and O–H groups in total. The van der Waals surface area contributed by atoms with Crippen LogP contribution in [0.3, 0.4) is 0 Å². The maximum Gasteiger partial charge on any atom is 0.325 e. The third-order valence-electron chi connectivity index (χ3n) is 6.10. The lowest BCUT2D eigenvalue weighted by Gasteiger charge is -2.22. The average molecular weight is 451 g/mol. The van der Waals surface area contributed by atoms with E-state index in [1.807, 2.05) is 41.8 Å². The van der Waals surface area contributed by atoms with E-state index < -0.39 is 41.4 Å². The number of nitrogens with one attached hydrogen (secondary N) is 1. The van der Waals surface area contributed by atoms with Crippen molar-refractivity contribution in [3.05, 3.63) is 94.3 Å². The first-order valence-corrected chi connectivity index (χ1v) is 10.5. The lowest BCUT2D eigenvalue weighted by molar-refractivity contribution is -0.130. The van der Waals surface area contributed by atoms with Crippen molar-refractivity contribution in [3.8, 4) is 0 Å². The topological polar surface area (TPSA) is 71.4 Å². The second-order valence-corrected chi connectivity index (χ2v) is 8.35. The number of aryl methyl sites for hydroxylation is 1. The standard InChI is InChI=1S/C25H23F2N3O3/c1-15-11-19(16(2)29(15)13-17-7-5-4-6-8-17)22(31)14-30-23(32)25(3,28-24(30)33)20-12-18(26)9-10-21(20)27/h4-12H,13-14H2,1-3H3,(H,28,33). The van der Waals surface area contributed by atoms with Gasteiger partial charge in [-0.25, -0.2) is 13.6 Å². The zero-order valence-corrected chi connectivity index (χ0v) is 18.5. The van der Waals surface area contributed by atoms with Gasteiger partial charge in [0.05, 0.1) is 6.54 Å². The zero-order valence-electron chi connectivity index (χ0n) is 18.5. The van der Waals surface area contributed by atoms with Gasteiger partial charge in [0, 0.05) is 29.1 Å². The van der Waals surface area contributed by atoms with Crippen LogP contribution in [-0.4, -0.2) is 33.7 Å². The smallest absolute Gasteiger partial charge is 0.325 e. The highest BCUT2D eigenvalue weighted by molar-refractivity contribution is 6.11. The number of nitrogens with zero attached hydrogens (tertiary/aromatic N) is 2. The van der Waals surface area contributed by atoms with Gasteiger partial charge in [0.2, 0.25) is 0 Å². The highest BCUT2D eigenvalue weighted by atomic mass is 19.1. The molecule has 2 aromatic carbocycles. The molecule has 1 aliphatic rings. The fourth-order valence-electron chi connectivity index (χ4n) is 4.23. The highest BCUT2D eigenvalue weighted by Crippen LogP contribution is 2.31. The van der Waals surface area contributed by atoms with E-state index in [0.717, 1.165) is 34.4 Å². The van der Waals surface area contributed by atoms with Crippen LogP contribution in [0.5, 0.6) is 0 Å². The molecule has 1 aromatic heterocycles. The average Bonchev–Trinajstić information content (AvgIpc) is 3.18. The van der Waals surface area contributed by atoms with E-state index in [-0.39, 0.29) is 5.56 Å². The van der Waals surface area contributed by atoms with E-state index in [1.165, 1.54) is 6.92 Å². The molecule has 1 saturated heterocycles. The molecule has 2 heterocycles. The van der Waals surface area contributed by atoms with Gasteiger partial charge in [0.25, 0.3) is 5.91 Å². The van der Waals surface area contributed by atoms with Crippen LogP contribution in [0, 0.1) is 25.5 Å². The predicted octanol–water partition coefficient (Wildman–Crippen LogP) is 4.08. The molecule has 1 fully saturated rings. The molecule has 0 bridgehead atoms. The van der Waals surface area contributed by atoms with E-state index in [0.29, 0.717) is 17.8 Å². The van der Waals surface area contributed by atoms with E-state index >= 15 is 0 Å². The van der Waals surface area contributed by atoms with Crippen molar-refractivity contribution in [2.24, 2.45) is 0 Å². The summed E-state index contributed by atoms with van der Waals surface area (Å²) in [6.07, 6.45) is 0. The molecular weight excluding hydrogens is 428 g/mol. The van der Waals surface area contributed by atoms with Gasteiger partial charge in [-0.15, -0.1) is 0 Å². The Labute approximate surface area is 189 Å². The molecule has 0 saturated carbocycles. The number of rotatable bonds is 6. The maximum absolute atomic E-state index is 14.3. The predicted molar refractivity (Wildman–Crippen MR) is 118 cm³/mol. The van der Waals surface area contributed by atoms with Crippen molar-refractivity contribution in [2.45, 2.75) is 32.9 Å². The van der Waals surface area contributed by atoms with Crippen LogP contribution >= 0.6 is 0 Å². The van der Waals surface area contributed by atoms with Crippen molar-refractivity contribution in [1.82, 2.24) is 14.8 Å². The lowest BCUT2D eigenvalue weighted by Crippen LogP contribution is -2.42. The minimum absolute atomic E-state index is 0.295. The number of carbonyl (C=O) groups excluding carboxylic acids is 3. The molecule has 33 heavy (non-hydrogen) atoms. The largest absolute Gasteiger partial charge is 0.344 e. The summed E-state index contributed by atoms with van der Waals surface area (Å²) in [7, 11) is 0. The Morgan fingerprint density at radius 3 is 2.42 bits per heavy atom. The second kappa shape index (κ2) is 8.27. The van der Waals surface area contributed by atoms with Gasteiger partial charge in [-0.1, -0.05) is 30.3 Å². The Balaban J connectivity index is 1.58. The van der Waals surface area contributed by atoms with Crippen LogP contribution in [0.25, 0.3) is 0 Å². The van der Waals surface area contributed by atoms with E-state index in [1.54, 1.807) is 13.0 Å². The van der Waals surface area contributed by atoms with Crippen molar-refractivity contribution >= 4 is 17.7 Å². The maximum atomic E-state index is 14.3. The van der Waals surface area contributed by atoms with Crippen LogP contribution in [0.4, 0.5) is 13.6 Å². The minimum atomic E-state index is -1.81. The van der Waals surface area contributed by atoms with Crippen LogP contribution in [0.2, 0.25) is 0 Å². The number of amides is 3. The fraction of sp³-hybridized carbons (Fsp3) is 0.240.